The third kappa shape index (κ3) is 3.71. The lowest BCUT2D eigenvalue weighted by Crippen LogP contribution is -2.49. The molecule has 1 fully saturated rings. The third-order valence-corrected chi connectivity index (χ3v) is 4.12. The van der Waals surface area contributed by atoms with Gasteiger partial charge in [-0.3, -0.25) is 4.79 Å². The van der Waals surface area contributed by atoms with Crippen LogP contribution in [0.5, 0.6) is 5.75 Å². The van der Waals surface area contributed by atoms with Gasteiger partial charge in [-0.2, -0.15) is 0 Å². The molecule has 4 nitrogen and oxygen atoms in total. The smallest absolute Gasteiger partial charge is 0.254 e. The molecule has 2 aromatic rings. The van der Waals surface area contributed by atoms with Crippen LogP contribution in [0.15, 0.2) is 54.6 Å². The van der Waals surface area contributed by atoms with Crippen LogP contribution >= 0.6 is 0 Å². The highest BCUT2D eigenvalue weighted by Gasteiger charge is 2.28. The van der Waals surface area contributed by atoms with Crippen LogP contribution in [0.1, 0.15) is 15.9 Å². The van der Waals surface area contributed by atoms with Crippen LogP contribution in [0.2, 0.25) is 0 Å². The zero-order valence-corrected chi connectivity index (χ0v) is 13.3. The topological polar surface area (TPSA) is 38.8 Å². The highest BCUT2D eigenvalue weighted by atomic mass is 16.5. The molecule has 1 unspecified atom stereocenters. The Morgan fingerprint density at radius 2 is 2.04 bits per heavy atom. The highest BCUT2D eigenvalue weighted by molar-refractivity contribution is 5.95. The predicted molar refractivity (Wildman–Crippen MR) is 88.8 cm³/mol. The third-order valence-electron chi connectivity index (χ3n) is 4.12. The summed E-state index contributed by atoms with van der Waals surface area (Å²) in [6.45, 7) is 1.78. The average molecular weight is 311 g/mol. The number of methoxy groups -OCH3 is 1. The Kier molecular flexibility index (Phi) is 4.93. The molecule has 1 aliphatic heterocycles. The first-order chi connectivity index (χ1) is 11.3. The second-order valence-corrected chi connectivity index (χ2v) is 5.65. The molecule has 1 atom stereocenters. The summed E-state index contributed by atoms with van der Waals surface area (Å²) in [5.41, 5.74) is 1.87. The summed E-state index contributed by atoms with van der Waals surface area (Å²) in [7, 11) is 1.61. The van der Waals surface area contributed by atoms with Crippen LogP contribution in [0.3, 0.4) is 0 Å². The molecule has 1 amide bonds. The Hall–Kier alpha value is -2.33. The second-order valence-electron chi connectivity index (χ2n) is 5.65. The van der Waals surface area contributed by atoms with Crippen LogP contribution in [0.4, 0.5) is 0 Å². The number of carbonyl (C=O) groups is 1. The number of ether oxygens (including phenoxy) is 2. The summed E-state index contributed by atoms with van der Waals surface area (Å²) in [6, 6.07) is 17.6. The first kappa shape index (κ1) is 15.6. The summed E-state index contributed by atoms with van der Waals surface area (Å²) in [5, 5.41) is 0. The first-order valence-corrected chi connectivity index (χ1v) is 7.84. The van der Waals surface area contributed by atoms with E-state index in [-0.39, 0.29) is 11.9 Å². The van der Waals surface area contributed by atoms with E-state index in [0.29, 0.717) is 31.1 Å². The van der Waals surface area contributed by atoms with E-state index in [1.165, 1.54) is 5.56 Å². The Morgan fingerprint density at radius 1 is 1.22 bits per heavy atom. The molecule has 4 heteroatoms. The number of hydrogen-bond donors (Lipinski definition) is 0. The summed E-state index contributed by atoms with van der Waals surface area (Å²) in [5.74, 6) is 0.733. The molecule has 0 spiro atoms. The van der Waals surface area contributed by atoms with Gasteiger partial charge in [-0.05, 0) is 30.2 Å². The number of hydrogen-bond acceptors (Lipinski definition) is 3. The quantitative estimate of drug-likeness (QED) is 0.871. The van der Waals surface area contributed by atoms with Crippen molar-refractivity contribution in [1.29, 1.82) is 0 Å². The highest BCUT2D eigenvalue weighted by Crippen LogP contribution is 2.19. The maximum atomic E-state index is 12.9. The Balaban J connectivity index is 1.78. The van der Waals surface area contributed by atoms with Crippen molar-refractivity contribution >= 4 is 5.91 Å². The van der Waals surface area contributed by atoms with Crippen molar-refractivity contribution in [3.8, 4) is 5.75 Å². The zero-order valence-electron chi connectivity index (χ0n) is 13.3. The molecule has 0 N–H and O–H groups in total. The molecule has 120 valence electrons. The molecule has 0 aliphatic carbocycles. The molecular formula is C19H21NO3. The van der Waals surface area contributed by atoms with Gasteiger partial charge in [0.05, 0.1) is 26.4 Å². The molecule has 0 aromatic heterocycles. The minimum Gasteiger partial charge on any atom is -0.497 e. The van der Waals surface area contributed by atoms with E-state index in [4.69, 9.17) is 9.47 Å². The minimum atomic E-state index is 0.0353. The maximum Gasteiger partial charge on any atom is 0.254 e. The number of rotatable bonds is 4. The molecule has 0 saturated carbocycles. The lowest BCUT2D eigenvalue weighted by molar-refractivity contribution is -0.00165. The van der Waals surface area contributed by atoms with Crippen molar-refractivity contribution in [2.75, 3.05) is 26.9 Å². The fraction of sp³-hybridized carbons (Fsp3) is 0.316. The minimum absolute atomic E-state index is 0.0353. The number of nitrogens with zero attached hydrogens (tertiary/aromatic N) is 1. The Labute approximate surface area is 136 Å². The van der Waals surface area contributed by atoms with Gasteiger partial charge in [0.1, 0.15) is 5.75 Å². The van der Waals surface area contributed by atoms with Crippen LogP contribution in [-0.4, -0.2) is 43.7 Å². The fourth-order valence-corrected chi connectivity index (χ4v) is 2.90. The normalized spacial score (nSPS) is 17.8. The second kappa shape index (κ2) is 7.29. The van der Waals surface area contributed by atoms with E-state index >= 15 is 0 Å². The van der Waals surface area contributed by atoms with Gasteiger partial charge < -0.3 is 14.4 Å². The van der Waals surface area contributed by atoms with E-state index < -0.39 is 0 Å². The molecule has 1 saturated heterocycles. The summed E-state index contributed by atoms with van der Waals surface area (Å²) in [4.78, 5) is 14.8. The molecule has 0 bridgehead atoms. The predicted octanol–water partition coefficient (Wildman–Crippen LogP) is 2.78. The SMILES string of the molecule is COc1cccc(C(=O)N2CCOCC2Cc2ccccc2)c1. The summed E-state index contributed by atoms with van der Waals surface area (Å²) >= 11 is 0. The molecular weight excluding hydrogens is 290 g/mol. The van der Waals surface area contributed by atoms with Crippen molar-refractivity contribution in [3.05, 3.63) is 65.7 Å². The lowest BCUT2D eigenvalue weighted by Gasteiger charge is -2.36. The van der Waals surface area contributed by atoms with Gasteiger partial charge in [0.2, 0.25) is 0 Å². The van der Waals surface area contributed by atoms with Crippen LogP contribution in [0, 0.1) is 0 Å². The van der Waals surface area contributed by atoms with Gasteiger partial charge in [-0.15, -0.1) is 0 Å². The molecule has 3 rings (SSSR count). The number of benzene rings is 2. The van der Waals surface area contributed by atoms with Crippen molar-refractivity contribution in [3.63, 3.8) is 0 Å². The molecule has 23 heavy (non-hydrogen) atoms. The first-order valence-electron chi connectivity index (χ1n) is 7.84. The Bertz CT molecular complexity index is 657. The molecule has 2 aromatic carbocycles. The standard InChI is InChI=1S/C19H21NO3/c1-22-18-9-5-8-16(13-18)19(21)20-10-11-23-14-17(20)12-15-6-3-2-4-7-15/h2-9,13,17H,10-12,14H2,1H3. The largest absolute Gasteiger partial charge is 0.497 e. The van der Waals surface area contributed by atoms with Gasteiger partial charge in [-0.25, -0.2) is 0 Å². The Morgan fingerprint density at radius 3 is 2.83 bits per heavy atom. The van der Waals surface area contributed by atoms with Crippen LogP contribution in [-0.2, 0) is 11.2 Å². The van der Waals surface area contributed by atoms with Crippen molar-refractivity contribution in [2.45, 2.75) is 12.5 Å². The van der Waals surface area contributed by atoms with Crippen molar-refractivity contribution in [2.24, 2.45) is 0 Å². The molecule has 0 radical (unpaired) electrons. The van der Waals surface area contributed by atoms with Gasteiger partial charge in [0.15, 0.2) is 0 Å². The van der Waals surface area contributed by atoms with E-state index in [9.17, 15) is 4.79 Å². The van der Waals surface area contributed by atoms with E-state index in [1.54, 1.807) is 13.2 Å². The molecule has 1 heterocycles. The van der Waals surface area contributed by atoms with E-state index in [2.05, 4.69) is 12.1 Å². The number of morpholine rings is 1. The van der Waals surface area contributed by atoms with Crippen molar-refractivity contribution in [1.82, 2.24) is 4.90 Å². The van der Waals surface area contributed by atoms with Crippen LogP contribution < -0.4 is 4.74 Å². The fourth-order valence-electron chi connectivity index (χ4n) is 2.90. The monoisotopic (exact) mass is 311 g/mol. The van der Waals surface area contributed by atoms with Gasteiger partial charge >= 0.3 is 0 Å². The zero-order chi connectivity index (χ0) is 16.1. The van der Waals surface area contributed by atoms with E-state index in [1.807, 2.05) is 41.3 Å². The maximum absolute atomic E-state index is 12.9. The van der Waals surface area contributed by atoms with Crippen LogP contribution in [0.25, 0.3) is 0 Å². The van der Waals surface area contributed by atoms with Gasteiger partial charge in [0, 0.05) is 12.1 Å². The number of amides is 1. The average Bonchev–Trinajstić information content (AvgIpc) is 2.62. The van der Waals surface area contributed by atoms with Gasteiger partial charge in [0.25, 0.3) is 5.91 Å². The van der Waals surface area contributed by atoms with Gasteiger partial charge in [-0.1, -0.05) is 36.4 Å². The lowest BCUT2D eigenvalue weighted by atomic mass is 10.0. The number of carbonyl (C=O) groups excluding carboxylic acids is 1. The van der Waals surface area contributed by atoms with E-state index in [0.717, 1.165) is 6.42 Å². The molecule has 1 aliphatic rings. The van der Waals surface area contributed by atoms with Crippen molar-refractivity contribution < 1.29 is 14.3 Å². The summed E-state index contributed by atoms with van der Waals surface area (Å²) in [6.07, 6.45) is 0.802. The summed E-state index contributed by atoms with van der Waals surface area (Å²) < 4.78 is 10.8.